The van der Waals surface area contributed by atoms with E-state index in [1.807, 2.05) is 12.3 Å². The van der Waals surface area contributed by atoms with Gasteiger partial charge in [-0.3, -0.25) is 4.79 Å². The summed E-state index contributed by atoms with van der Waals surface area (Å²) in [7, 11) is 0. The lowest BCUT2D eigenvalue weighted by atomic mass is 10.0. The van der Waals surface area contributed by atoms with Crippen LogP contribution >= 0.6 is 11.8 Å². The van der Waals surface area contributed by atoms with Crippen molar-refractivity contribution in [3.05, 3.63) is 65.1 Å². The first-order chi connectivity index (χ1) is 12.7. The molecule has 1 aliphatic rings. The van der Waals surface area contributed by atoms with Gasteiger partial charge in [0.1, 0.15) is 23.0 Å². The van der Waals surface area contributed by atoms with Crippen LogP contribution in [0.5, 0.6) is 0 Å². The normalized spacial score (nSPS) is 13.7. The van der Waals surface area contributed by atoms with E-state index in [2.05, 4.69) is 5.16 Å². The number of rotatable bonds is 4. The highest BCUT2D eigenvalue weighted by Gasteiger charge is 2.29. The van der Waals surface area contributed by atoms with Gasteiger partial charge in [0, 0.05) is 24.1 Å². The van der Waals surface area contributed by atoms with Gasteiger partial charge < -0.3 is 13.8 Å². The molecule has 0 fully saturated rings. The molecule has 3 heterocycles. The molecular formula is C19H17FN2O3S. The molecular weight excluding hydrogens is 355 g/mol. The first-order valence-electron chi connectivity index (χ1n) is 8.26. The zero-order valence-electron chi connectivity index (χ0n) is 14.2. The van der Waals surface area contributed by atoms with Crippen LogP contribution in [-0.4, -0.2) is 28.8 Å². The molecule has 1 amide bonds. The smallest absolute Gasteiger partial charge is 0.289 e. The van der Waals surface area contributed by atoms with E-state index >= 15 is 0 Å². The quantitative estimate of drug-likeness (QED) is 0.689. The molecule has 0 N–H and O–H groups in total. The summed E-state index contributed by atoms with van der Waals surface area (Å²) in [5, 5.41) is 4.10. The summed E-state index contributed by atoms with van der Waals surface area (Å²) < 4.78 is 24.6. The molecule has 134 valence electrons. The minimum absolute atomic E-state index is 0.158. The lowest BCUT2D eigenvalue weighted by Crippen LogP contribution is -2.35. The molecule has 2 aromatic heterocycles. The summed E-state index contributed by atoms with van der Waals surface area (Å²) in [5.41, 5.74) is 2.05. The van der Waals surface area contributed by atoms with Gasteiger partial charge in [0.25, 0.3) is 5.91 Å². The topological polar surface area (TPSA) is 59.5 Å². The van der Waals surface area contributed by atoms with Gasteiger partial charge in [0.05, 0.1) is 12.3 Å². The standard InChI is InChI=1S/C19H17FN2O3S/c1-26-11-14-5-6-17(24-14)19(23)22-8-7-16-15(10-22)18(21-25-16)12-3-2-4-13(20)9-12/h2-6,9H,7-8,10-11H2,1H3. The maximum atomic E-state index is 13.5. The molecule has 0 aliphatic carbocycles. The summed E-state index contributed by atoms with van der Waals surface area (Å²) in [4.78, 5) is 14.5. The third kappa shape index (κ3) is 3.14. The zero-order chi connectivity index (χ0) is 18.1. The van der Waals surface area contributed by atoms with E-state index < -0.39 is 0 Å². The predicted octanol–water partition coefficient (Wildman–Crippen LogP) is 4.14. The predicted molar refractivity (Wildman–Crippen MR) is 96.3 cm³/mol. The van der Waals surface area contributed by atoms with Crippen molar-refractivity contribution < 1.29 is 18.1 Å². The van der Waals surface area contributed by atoms with E-state index in [9.17, 15) is 9.18 Å². The Morgan fingerprint density at radius 3 is 3.04 bits per heavy atom. The molecule has 0 atom stereocenters. The molecule has 0 bridgehead atoms. The lowest BCUT2D eigenvalue weighted by Gasteiger charge is -2.25. The zero-order valence-corrected chi connectivity index (χ0v) is 15.0. The van der Waals surface area contributed by atoms with Crippen LogP contribution < -0.4 is 0 Å². The van der Waals surface area contributed by atoms with Crippen molar-refractivity contribution in [2.24, 2.45) is 0 Å². The molecule has 0 unspecified atom stereocenters. The molecule has 1 aromatic carbocycles. The second-order valence-electron chi connectivity index (χ2n) is 6.12. The van der Waals surface area contributed by atoms with Crippen molar-refractivity contribution in [1.82, 2.24) is 10.1 Å². The maximum absolute atomic E-state index is 13.5. The fourth-order valence-corrected chi connectivity index (χ4v) is 3.55. The highest BCUT2D eigenvalue weighted by Crippen LogP contribution is 2.31. The maximum Gasteiger partial charge on any atom is 0.289 e. The Labute approximate surface area is 154 Å². The summed E-state index contributed by atoms with van der Waals surface area (Å²) in [6.45, 7) is 0.893. The number of carbonyl (C=O) groups is 1. The number of benzene rings is 1. The third-order valence-corrected chi connectivity index (χ3v) is 4.94. The van der Waals surface area contributed by atoms with Crippen LogP contribution in [0.25, 0.3) is 11.3 Å². The first-order valence-corrected chi connectivity index (χ1v) is 9.65. The van der Waals surface area contributed by atoms with Crippen LogP contribution in [0.15, 0.2) is 45.3 Å². The van der Waals surface area contributed by atoms with Crippen molar-refractivity contribution >= 4 is 17.7 Å². The largest absolute Gasteiger partial charge is 0.455 e. The van der Waals surface area contributed by atoms with E-state index in [1.165, 1.54) is 12.1 Å². The van der Waals surface area contributed by atoms with Crippen LogP contribution in [-0.2, 0) is 18.7 Å². The molecule has 0 saturated carbocycles. The van der Waals surface area contributed by atoms with Gasteiger partial charge in [-0.05, 0) is 30.5 Å². The number of hydrogen-bond acceptors (Lipinski definition) is 5. The van der Waals surface area contributed by atoms with E-state index in [0.29, 0.717) is 36.5 Å². The Hall–Kier alpha value is -2.54. The van der Waals surface area contributed by atoms with Gasteiger partial charge in [-0.15, -0.1) is 0 Å². The van der Waals surface area contributed by atoms with Gasteiger partial charge in [-0.1, -0.05) is 17.3 Å². The monoisotopic (exact) mass is 372 g/mol. The van der Waals surface area contributed by atoms with Gasteiger partial charge in [0.2, 0.25) is 0 Å². The van der Waals surface area contributed by atoms with Gasteiger partial charge >= 0.3 is 0 Å². The Morgan fingerprint density at radius 1 is 1.35 bits per heavy atom. The molecule has 7 heteroatoms. The van der Waals surface area contributed by atoms with Crippen molar-refractivity contribution in [1.29, 1.82) is 0 Å². The molecule has 0 spiro atoms. The highest BCUT2D eigenvalue weighted by atomic mass is 32.2. The van der Waals surface area contributed by atoms with Crippen molar-refractivity contribution in [3.8, 4) is 11.3 Å². The summed E-state index contributed by atoms with van der Waals surface area (Å²) in [5.74, 6) is 2.10. The molecule has 0 radical (unpaired) electrons. The number of halogens is 1. The van der Waals surface area contributed by atoms with Crippen LogP contribution in [0.4, 0.5) is 4.39 Å². The van der Waals surface area contributed by atoms with E-state index in [-0.39, 0.29) is 11.7 Å². The molecule has 0 saturated heterocycles. The number of hydrogen-bond donors (Lipinski definition) is 0. The van der Waals surface area contributed by atoms with Gasteiger partial charge in [0.15, 0.2) is 5.76 Å². The van der Waals surface area contributed by atoms with Crippen LogP contribution in [0, 0.1) is 5.82 Å². The molecule has 26 heavy (non-hydrogen) atoms. The average molecular weight is 372 g/mol. The van der Waals surface area contributed by atoms with Gasteiger partial charge in [-0.25, -0.2) is 4.39 Å². The van der Waals surface area contributed by atoms with Crippen molar-refractivity contribution in [3.63, 3.8) is 0 Å². The van der Waals surface area contributed by atoms with Gasteiger partial charge in [-0.2, -0.15) is 11.8 Å². The van der Waals surface area contributed by atoms with Crippen molar-refractivity contribution in [2.45, 2.75) is 18.7 Å². The fraction of sp³-hybridized carbons (Fsp3) is 0.263. The minimum Gasteiger partial charge on any atom is -0.455 e. The Morgan fingerprint density at radius 2 is 2.23 bits per heavy atom. The van der Waals surface area contributed by atoms with E-state index in [4.69, 9.17) is 8.94 Å². The lowest BCUT2D eigenvalue weighted by molar-refractivity contribution is 0.0695. The van der Waals surface area contributed by atoms with Crippen LogP contribution in [0.1, 0.15) is 27.6 Å². The Balaban J connectivity index is 1.59. The summed E-state index contributed by atoms with van der Waals surface area (Å²) in [6.07, 6.45) is 2.55. The number of carbonyl (C=O) groups excluding carboxylic acids is 1. The number of fused-ring (bicyclic) bond motifs is 1. The van der Waals surface area contributed by atoms with E-state index in [0.717, 1.165) is 22.8 Å². The number of amides is 1. The van der Waals surface area contributed by atoms with Crippen LogP contribution in [0.3, 0.4) is 0 Å². The van der Waals surface area contributed by atoms with Crippen molar-refractivity contribution in [2.75, 3.05) is 12.8 Å². The molecule has 5 nitrogen and oxygen atoms in total. The molecule has 1 aliphatic heterocycles. The summed E-state index contributed by atoms with van der Waals surface area (Å²) in [6, 6.07) is 9.76. The first kappa shape index (κ1) is 16.9. The minimum atomic E-state index is -0.333. The highest BCUT2D eigenvalue weighted by molar-refractivity contribution is 7.97. The summed E-state index contributed by atoms with van der Waals surface area (Å²) >= 11 is 1.64. The fourth-order valence-electron chi connectivity index (χ4n) is 3.11. The third-order valence-electron chi connectivity index (χ3n) is 4.37. The average Bonchev–Trinajstić information content (AvgIpc) is 3.28. The Kier molecular flexibility index (Phi) is 4.55. The second kappa shape index (κ2) is 6.99. The SMILES string of the molecule is CSCc1ccc(C(=O)N2CCc3onc(-c4cccc(F)c4)c3C2)o1. The van der Waals surface area contributed by atoms with E-state index in [1.54, 1.807) is 34.9 Å². The molecule has 3 aromatic rings. The number of furan rings is 1. The van der Waals surface area contributed by atoms with Crippen LogP contribution in [0.2, 0.25) is 0 Å². The second-order valence-corrected chi connectivity index (χ2v) is 6.98. The Bertz CT molecular complexity index is 950. The molecule has 4 rings (SSSR count). The number of thioether (sulfide) groups is 1. The number of nitrogens with zero attached hydrogens (tertiary/aromatic N) is 2. The number of aromatic nitrogens is 1.